The van der Waals surface area contributed by atoms with E-state index in [1.165, 1.54) is 32.6 Å². The van der Waals surface area contributed by atoms with Crippen LogP contribution in [0.15, 0.2) is 176 Å². The lowest BCUT2D eigenvalue weighted by Crippen LogP contribution is -1.97. The molecule has 8 aromatic carbocycles. The van der Waals surface area contributed by atoms with Crippen molar-refractivity contribution in [3.8, 4) is 34.3 Å². The minimum atomic E-state index is 0.539. The molecule has 3 aromatic heterocycles. The number of hydrogen-bond acceptors (Lipinski definition) is 1. The average molecular weight is 700 g/mol. The van der Waals surface area contributed by atoms with Crippen LogP contribution in [0.3, 0.4) is 0 Å². The number of hydrogen-bond donors (Lipinski definition) is 0. The third-order valence-corrected chi connectivity index (χ3v) is 11.1. The number of nitrogens with zero attached hydrogens (tertiary/aromatic N) is 5. The molecule has 254 valence electrons. The van der Waals surface area contributed by atoms with Crippen molar-refractivity contribution in [2.45, 2.75) is 0 Å². The van der Waals surface area contributed by atoms with Crippen molar-refractivity contribution in [3.05, 3.63) is 193 Å². The molecule has 0 N–H and O–H groups in total. The molecule has 11 rings (SSSR count). The summed E-state index contributed by atoms with van der Waals surface area (Å²) in [6.45, 7) is 8.03. The van der Waals surface area contributed by atoms with Crippen molar-refractivity contribution < 1.29 is 0 Å². The Morgan fingerprint density at radius 3 is 1.64 bits per heavy atom. The molecule has 0 radical (unpaired) electrons. The molecule has 0 spiro atoms. The van der Waals surface area contributed by atoms with Crippen molar-refractivity contribution in [3.63, 3.8) is 0 Å². The molecule has 0 saturated carbocycles. The zero-order valence-corrected chi connectivity index (χ0v) is 29.5. The van der Waals surface area contributed by atoms with Gasteiger partial charge in [0.15, 0.2) is 5.69 Å². The summed E-state index contributed by atoms with van der Waals surface area (Å²) in [5.41, 5.74) is 12.6. The number of fused-ring (bicyclic) bond motifs is 9. The van der Waals surface area contributed by atoms with Gasteiger partial charge in [0.05, 0.1) is 50.9 Å². The minimum absolute atomic E-state index is 0.539. The highest BCUT2D eigenvalue weighted by atomic mass is 15.0. The second-order valence-electron chi connectivity index (χ2n) is 14.0. The van der Waals surface area contributed by atoms with Gasteiger partial charge in [-0.1, -0.05) is 103 Å². The number of benzene rings is 8. The van der Waals surface area contributed by atoms with E-state index < -0.39 is 0 Å². The van der Waals surface area contributed by atoms with E-state index in [4.69, 9.17) is 6.57 Å². The summed E-state index contributed by atoms with van der Waals surface area (Å²) in [5.74, 6) is 0. The monoisotopic (exact) mass is 699 g/mol. The highest BCUT2D eigenvalue weighted by molar-refractivity contribution is 6.16. The third-order valence-electron chi connectivity index (χ3n) is 11.1. The molecule has 0 atom stereocenters. The molecule has 0 amide bonds. The zero-order chi connectivity index (χ0) is 36.6. The van der Waals surface area contributed by atoms with E-state index in [2.05, 4.69) is 164 Å². The highest BCUT2D eigenvalue weighted by Gasteiger charge is 2.20. The van der Waals surface area contributed by atoms with E-state index in [0.29, 0.717) is 11.3 Å². The van der Waals surface area contributed by atoms with Gasteiger partial charge >= 0.3 is 0 Å². The Balaban J connectivity index is 1.09. The SMILES string of the molecule is [C-]#[N+]c1cc(-c2ccc(-n3c4ccccc4c4c(-n5c6ccccc6c6ccccc65)cccc43)cc2)cc(-n2c3ccccc3c3cccc(C#N)c32)c1. The molecule has 3 heterocycles. The van der Waals surface area contributed by atoms with Crippen LogP contribution in [0, 0.1) is 17.9 Å². The largest absolute Gasteiger partial charge is 0.309 e. The molecule has 0 fully saturated rings. The molecule has 11 aromatic rings. The molecule has 5 nitrogen and oxygen atoms in total. The molecule has 0 saturated heterocycles. The Labute approximate surface area is 316 Å². The van der Waals surface area contributed by atoms with E-state index in [9.17, 15) is 5.26 Å². The van der Waals surface area contributed by atoms with E-state index in [1.807, 2.05) is 36.4 Å². The van der Waals surface area contributed by atoms with Crippen LogP contribution in [0.1, 0.15) is 5.56 Å². The fourth-order valence-corrected chi connectivity index (χ4v) is 8.78. The lowest BCUT2D eigenvalue weighted by Gasteiger charge is -2.13. The Kier molecular flexibility index (Phi) is 6.61. The van der Waals surface area contributed by atoms with Crippen LogP contribution in [0.4, 0.5) is 5.69 Å². The fraction of sp³-hybridized carbons (Fsp3) is 0. The van der Waals surface area contributed by atoms with Crippen LogP contribution < -0.4 is 0 Å². The molecule has 5 heteroatoms. The van der Waals surface area contributed by atoms with Gasteiger partial charge in [0, 0.05) is 43.7 Å². The number of rotatable bonds is 4. The highest BCUT2D eigenvalue weighted by Crippen LogP contribution is 2.41. The van der Waals surface area contributed by atoms with E-state index in [-0.39, 0.29) is 0 Å². The lowest BCUT2D eigenvalue weighted by atomic mass is 10.0. The van der Waals surface area contributed by atoms with Gasteiger partial charge in [-0.25, -0.2) is 4.85 Å². The van der Waals surface area contributed by atoms with Crippen LogP contribution in [0.25, 0.3) is 98.5 Å². The molecule has 0 aliphatic heterocycles. The summed E-state index contributed by atoms with van der Waals surface area (Å²) < 4.78 is 6.89. The van der Waals surface area contributed by atoms with Crippen LogP contribution in [0.5, 0.6) is 0 Å². The van der Waals surface area contributed by atoms with Crippen LogP contribution in [0.2, 0.25) is 0 Å². The van der Waals surface area contributed by atoms with Gasteiger partial charge in [0.25, 0.3) is 0 Å². The first kappa shape index (κ1) is 30.7. The zero-order valence-electron chi connectivity index (χ0n) is 29.5. The second kappa shape index (κ2) is 11.8. The topological polar surface area (TPSA) is 42.9 Å². The normalized spacial score (nSPS) is 11.6. The predicted octanol–water partition coefficient (Wildman–Crippen LogP) is 13.1. The Bertz CT molecular complexity index is 3400. The summed E-state index contributed by atoms with van der Waals surface area (Å²) in [5, 5.41) is 17.1. The average Bonchev–Trinajstić information content (AvgIpc) is 3.90. The molecule has 55 heavy (non-hydrogen) atoms. The molecular weight excluding hydrogens is 671 g/mol. The fourth-order valence-electron chi connectivity index (χ4n) is 8.78. The maximum Gasteiger partial charge on any atom is 0.189 e. The first-order valence-corrected chi connectivity index (χ1v) is 18.3. The standard InChI is InChI=1S/C50H29N5/c1-52-35-28-34(29-37(30-35)54-43-18-6-4-15-40(43)41-17-10-12-33(31-51)50(41)54)32-24-26-36(27-25-32)53-46-21-9-5-16-42(46)49-47(53)22-11-23-48(49)55-44-19-7-2-13-38(44)39-14-3-8-20-45(39)55/h2-30H. The summed E-state index contributed by atoms with van der Waals surface area (Å²) >= 11 is 0. The van der Waals surface area contributed by atoms with Gasteiger partial charge in [-0.2, -0.15) is 5.26 Å². The third kappa shape index (κ3) is 4.45. The van der Waals surface area contributed by atoms with Crippen molar-refractivity contribution >= 4 is 71.1 Å². The van der Waals surface area contributed by atoms with E-state index in [0.717, 1.165) is 61.0 Å². The second-order valence-corrected chi connectivity index (χ2v) is 14.0. The summed E-state index contributed by atoms with van der Waals surface area (Å²) in [7, 11) is 0. The van der Waals surface area contributed by atoms with E-state index in [1.54, 1.807) is 0 Å². The predicted molar refractivity (Wildman–Crippen MR) is 226 cm³/mol. The number of aromatic nitrogens is 3. The van der Waals surface area contributed by atoms with Gasteiger partial charge < -0.3 is 13.7 Å². The summed E-state index contributed by atoms with van der Waals surface area (Å²) in [6, 6.07) is 63.7. The molecule has 0 aliphatic rings. The van der Waals surface area contributed by atoms with Gasteiger partial charge in [0.1, 0.15) is 6.07 Å². The Morgan fingerprint density at radius 1 is 0.436 bits per heavy atom. The van der Waals surface area contributed by atoms with Crippen molar-refractivity contribution in [1.29, 1.82) is 5.26 Å². The van der Waals surface area contributed by atoms with Crippen LogP contribution >= 0.6 is 0 Å². The van der Waals surface area contributed by atoms with Gasteiger partial charge in [-0.05, 0) is 83.9 Å². The van der Waals surface area contributed by atoms with E-state index >= 15 is 0 Å². The Hall–Kier alpha value is -7.86. The first-order valence-electron chi connectivity index (χ1n) is 18.3. The van der Waals surface area contributed by atoms with Crippen LogP contribution in [-0.4, -0.2) is 13.7 Å². The molecular formula is C50H29N5. The van der Waals surface area contributed by atoms with Gasteiger partial charge in [-0.15, -0.1) is 0 Å². The quantitative estimate of drug-likeness (QED) is 0.169. The lowest BCUT2D eigenvalue weighted by molar-refractivity contribution is 1.17. The summed E-state index contributed by atoms with van der Waals surface area (Å²) in [6.07, 6.45) is 0. The van der Waals surface area contributed by atoms with Crippen molar-refractivity contribution in [2.24, 2.45) is 0 Å². The number of para-hydroxylation sites is 5. The van der Waals surface area contributed by atoms with Gasteiger partial charge in [-0.3, -0.25) is 0 Å². The minimum Gasteiger partial charge on any atom is -0.309 e. The smallest absolute Gasteiger partial charge is 0.189 e. The maximum absolute atomic E-state index is 10.1. The summed E-state index contributed by atoms with van der Waals surface area (Å²) in [4.78, 5) is 3.89. The van der Waals surface area contributed by atoms with Crippen molar-refractivity contribution in [2.75, 3.05) is 0 Å². The molecule has 0 aliphatic carbocycles. The first-order chi connectivity index (χ1) is 27.2. The van der Waals surface area contributed by atoms with Crippen molar-refractivity contribution in [1.82, 2.24) is 13.7 Å². The number of nitriles is 1. The maximum atomic E-state index is 10.1. The molecule has 0 bridgehead atoms. The van der Waals surface area contributed by atoms with Crippen LogP contribution in [-0.2, 0) is 0 Å². The van der Waals surface area contributed by atoms with Gasteiger partial charge in [0.2, 0.25) is 0 Å². The molecule has 0 unspecified atom stereocenters. The Morgan fingerprint density at radius 2 is 0.982 bits per heavy atom.